The number of rotatable bonds is 13. The molecule has 0 saturated carbocycles. The molecule has 0 radical (unpaired) electrons. The largest absolute Gasteiger partial charge is 0.449 e. The summed E-state index contributed by atoms with van der Waals surface area (Å²) in [6.07, 6.45) is 6.21. The van der Waals surface area contributed by atoms with Crippen LogP contribution in [0.4, 0.5) is 17.1 Å². The molecular formula is C45H49ClN6O7S. The van der Waals surface area contributed by atoms with Crippen LogP contribution in [0, 0.1) is 15.5 Å². The number of hydrogen-bond donors (Lipinski definition) is 3. The van der Waals surface area contributed by atoms with Crippen LogP contribution in [0.15, 0.2) is 102 Å². The minimum atomic E-state index is -4.77. The fourth-order valence-electron chi connectivity index (χ4n) is 8.45. The van der Waals surface area contributed by atoms with Crippen molar-refractivity contribution in [3.8, 4) is 11.5 Å². The first-order valence-corrected chi connectivity index (χ1v) is 22.2. The highest BCUT2D eigenvalue weighted by atomic mass is 35.5. The summed E-state index contributed by atoms with van der Waals surface area (Å²) in [5.41, 5.74) is 4.88. The van der Waals surface area contributed by atoms with Crippen molar-refractivity contribution in [2.24, 2.45) is 5.41 Å². The topological polar surface area (TPSA) is 159 Å². The Morgan fingerprint density at radius 1 is 1.03 bits per heavy atom. The van der Waals surface area contributed by atoms with E-state index in [0.717, 1.165) is 49.6 Å². The van der Waals surface area contributed by atoms with E-state index < -0.39 is 37.2 Å². The van der Waals surface area contributed by atoms with Gasteiger partial charge in [0.25, 0.3) is 15.9 Å². The Hall–Kier alpha value is -5.41. The molecule has 3 heterocycles. The summed E-state index contributed by atoms with van der Waals surface area (Å²) in [4.78, 5) is 33.1. The predicted molar refractivity (Wildman–Crippen MR) is 235 cm³/mol. The molecule has 4 aromatic carbocycles. The number of hydrogen-bond acceptors (Lipinski definition) is 10. The number of halogens is 1. The summed E-state index contributed by atoms with van der Waals surface area (Å²) in [5, 5.41) is 18.1. The van der Waals surface area contributed by atoms with E-state index in [4.69, 9.17) is 21.1 Å². The molecule has 8 rings (SSSR count). The van der Waals surface area contributed by atoms with Crippen molar-refractivity contribution in [2.45, 2.75) is 57.0 Å². The van der Waals surface area contributed by atoms with Crippen LogP contribution in [0.3, 0.4) is 0 Å². The van der Waals surface area contributed by atoms with Gasteiger partial charge in [0.2, 0.25) is 5.75 Å². The van der Waals surface area contributed by atoms with E-state index in [0.29, 0.717) is 43.5 Å². The number of nitrogens with one attached hydrogen (secondary N) is 3. The van der Waals surface area contributed by atoms with Crippen molar-refractivity contribution < 1.29 is 27.6 Å². The van der Waals surface area contributed by atoms with Crippen LogP contribution in [0.2, 0.25) is 5.02 Å². The van der Waals surface area contributed by atoms with Gasteiger partial charge >= 0.3 is 5.69 Å². The van der Waals surface area contributed by atoms with E-state index >= 15 is 0 Å². The quantitative estimate of drug-likeness (QED) is 0.0771. The van der Waals surface area contributed by atoms with Gasteiger partial charge in [-0.1, -0.05) is 61.4 Å². The number of sulfonamides is 1. The zero-order valence-electron chi connectivity index (χ0n) is 33.7. The zero-order chi connectivity index (χ0) is 42.0. The summed E-state index contributed by atoms with van der Waals surface area (Å²) in [6, 6.07) is 24.2. The van der Waals surface area contributed by atoms with Crippen molar-refractivity contribution in [3.05, 3.63) is 123 Å². The number of fused-ring (bicyclic) bond motifs is 1. The molecule has 1 aliphatic carbocycles. The monoisotopic (exact) mass is 852 g/mol. The second-order valence-electron chi connectivity index (χ2n) is 16.5. The van der Waals surface area contributed by atoms with E-state index in [1.807, 2.05) is 23.1 Å². The third-order valence-corrected chi connectivity index (χ3v) is 13.3. The lowest BCUT2D eigenvalue weighted by Crippen LogP contribution is -2.47. The van der Waals surface area contributed by atoms with Crippen LogP contribution in [-0.2, 0) is 14.8 Å². The number of benzene rings is 4. The van der Waals surface area contributed by atoms with Crippen molar-refractivity contribution in [3.63, 3.8) is 0 Å². The van der Waals surface area contributed by atoms with Crippen LogP contribution < -0.4 is 19.7 Å². The number of carbonyl (C=O) groups excluding carboxylic acids is 1. The molecule has 1 atom stereocenters. The highest BCUT2D eigenvalue weighted by Gasteiger charge is 2.38. The Labute approximate surface area is 354 Å². The number of ether oxygens (including phenoxy) is 2. The molecule has 0 unspecified atom stereocenters. The lowest BCUT2D eigenvalue weighted by Gasteiger charge is -2.40. The fourth-order valence-corrected chi connectivity index (χ4v) is 9.70. The number of nitro benzene ring substituents is 1. The summed E-state index contributed by atoms with van der Waals surface area (Å²) in [6.45, 7) is 8.41. The average Bonchev–Trinajstić information content (AvgIpc) is 3.94. The minimum absolute atomic E-state index is 0.109. The number of carbonyl (C=O) groups is 1. The van der Waals surface area contributed by atoms with Gasteiger partial charge in [0, 0.05) is 73.6 Å². The third kappa shape index (κ3) is 9.16. The molecule has 0 spiro atoms. The van der Waals surface area contributed by atoms with Gasteiger partial charge in [-0.2, -0.15) is 0 Å². The van der Waals surface area contributed by atoms with Crippen molar-refractivity contribution >= 4 is 61.1 Å². The van der Waals surface area contributed by atoms with E-state index in [-0.39, 0.29) is 35.1 Å². The fraction of sp³-hybridized carbons (Fsp3) is 0.356. The third-order valence-electron chi connectivity index (χ3n) is 11.7. The molecule has 13 nitrogen and oxygen atoms in total. The second kappa shape index (κ2) is 17.3. The highest BCUT2D eigenvalue weighted by molar-refractivity contribution is 7.90. The predicted octanol–water partition coefficient (Wildman–Crippen LogP) is 9.02. The molecule has 3 aliphatic rings. The molecule has 1 aromatic heterocycles. The van der Waals surface area contributed by atoms with Gasteiger partial charge in [-0.25, -0.2) is 13.1 Å². The first kappa shape index (κ1) is 41.3. The normalized spacial score (nSPS) is 18.4. The maximum atomic E-state index is 14.5. The standard InChI is InChI=1S/C45H49ClN6O7S/c1-45(2)18-16-33(37(27-45)30-10-12-34(46)13-11-30)29-50-20-22-51(23-21-50)39-26-40(60(56,57)49-44(53)31-7-4-3-5-8-31)43(59-35-14-15-38-32(25-35)17-19-47-38)42(52(54)55)41(39)48-28-36-9-6-24-58-36/h3-5,7-8,10-15,17,19,25-26,36,47-48H,6,9,16,18,20-24,27-29H2,1-2H3,(H,49,53)/t36-/m1/s1. The number of aromatic nitrogens is 1. The first-order valence-electron chi connectivity index (χ1n) is 20.4. The smallest absolute Gasteiger partial charge is 0.338 e. The molecule has 15 heteroatoms. The number of nitro groups is 1. The number of aromatic amines is 1. The van der Waals surface area contributed by atoms with Crippen LogP contribution >= 0.6 is 11.6 Å². The zero-order valence-corrected chi connectivity index (χ0v) is 35.3. The Bertz CT molecular complexity index is 2530. The molecule has 3 N–H and O–H groups in total. The summed E-state index contributed by atoms with van der Waals surface area (Å²) >= 11 is 6.26. The van der Waals surface area contributed by atoms with Crippen molar-refractivity contribution in [1.29, 1.82) is 0 Å². The van der Waals surface area contributed by atoms with Gasteiger partial charge in [-0.05, 0) is 103 Å². The van der Waals surface area contributed by atoms with E-state index in [1.54, 1.807) is 42.6 Å². The van der Waals surface area contributed by atoms with Gasteiger partial charge < -0.3 is 24.7 Å². The first-order chi connectivity index (χ1) is 28.8. The van der Waals surface area contributed by atoms with Crippen LogP contribution in [0.1, 0.15) is 61.9 Å². The van der Waals surface area contributed by atoms with E-state index in [9.17, 15) is 23.3 Å². The Balaban J connectivity index is 1.17. The summed E-state index contributed by atoms with van der Waals surface area (Å²) < 4.78 is 43.2. The molecule has 2 fully saturated rings. The lowest BCUT2D eigenvalue weighted by molar-refractivity contribution is -0.384. The summed E-state index contributed by atoms with van der Waals surface area (Å²) in [7, 11) is -4.77. The molecule has 2 saturated heterocycles. The Kier molecular flexibility index (Phi) is 11.9. The number of anilines is 2. The highest BCUT2D eigenvalue weighted by Crippen LogP contribution is 2.49. The molecule has 5 aromatic rings. The SMILES string of the molecule is CC1(C)CCC(CN2CCN(c3cc(S(=O)(=O)NC(=O)c4ccccc4)c(Oc4ccc5[nH]ccc5c4)c([N+](=O)[O-])c3NC[C@H]3CCCO3)CC2)=C(c2ccc(Cl)cc2)C1. The maximum absolute atomic E-state index is 14.5. The molecule has 60 heavy (non-hydrogen) atoms. The van der Waals surface area contributed by atoms with Gasteiger partial charge in [-0.15, -0.1) is 0 Å². The van der Waals surface area contributed by atoms with Gasteiger partial charge in [-0.3, -0.25) is 19.8 Å². The van der Waals surface area contributed by atoms with E-state index in [1.165, 1.54) is 34.9 Å². The van der Waals surface area contributed by atoms with Gasteiger partial charge in [0.15, 0.2) is 0 Å². The molecular weight excluding hydrogens is 804 g/mol. The van der Waals surface area contributed by atoms with Crippen LogP contribution in [0.25, 0.3) is 16.5 Å². The molecule has 2 aliphatic heterocycles. The lowest BCUT2D eigenvalue weighted by atomic mass is 9.72. The van der Waals surface area contributed by atoms with Gasteiger partial charge in [0.1, 0.15) is 16.3 Å². The average molecular weight is 853 g/mol. The van der Waals surface area contributed by atoms with E-state index in [2.05, 4.69) is 45.9 Å². The van der Waals surface area contributed by atoms with Gasteiger partial charge in [0.05, 0.1) is 16.7 Å². The van der Waals surface area contributed by atoms with Crippen molar-refractivity contribution in [2.75, 3.05) is 56.1 Å². The molecule has 0 bridgehead atoms. The van der Waals surface area contributed by atoms with Crippen LogP contribution in [-0.4, -0.2) is 81.1 Å². The molecule has 314 valence electrons. The Morgan fingerprint density at radius 3 is 2.52 bits per heavy atom. The number of allylic oxidation sites excluding steroid dienone is 1. The second-order valence-corrected chi connectivity index (χ2v) is 18.6. The Morgan fingerprint density at radius 2 is 1.80 bits per heavy atom. The van der Waals surface area contributed by atoms with Crippen LogP contribution in [0.5, 0.6) is 11.5 Å². The number of amides is 1. The van der Waals surface area contributed by atoms with Crippen molar-refractivity contribution in [1.82, 2.24) is 14.6 Å². The number of nitrogens with zero attached hydrogens (tertiary/aromatic N) is 3. The summed E-state index contributed by atoms with van der Waals surface area (Å²) in [5.74, 6) is -1.21. The minimum Gasteiger partial charge on any atom is -0.449 e. The maximum Gasteiger partial charge on any atom is 0.338 e. The number of H-pyrrole nitrogens is 1. The number of piperazine rings is 1. The molecule has 1 amide bonds.